The van der Waals surface area contributed by atoms with Crippen molar-refractivity contribution in [3.05, 3.63) is 106 Å². The predicted molar refractivity (Wildman–Crippen MR) is 135 cm³/mol. The van der Waals surface area contributed by atoms with Gasteiger partial charge >= 0.3 is 5.97 Å². The van der Waals surface area contributed by atoms with E-state index >= 15 is 0 Å². The number of fused-ring (bicyclic) bond motifs is 1. The van der Waals surface area contributed by atoms with Gasteiger partial charge in [-0.15, -0.1) is 11.3 Å². The Bertz CT molecular complexity index is 1360. The minimum Gasteiger partial charge on any atom is -0.490 e. The highest BCUT2D eigenvalue weighted by Crippen LogP contribution is 2.35. The molecule has 4 aromatic rings. The van der Waals surface area contributed by atoms with E-state index < -0.39 is 5.97 Å². The maximum absolute atomic E-state index is 12.6. The number of ether oxygens (including phenoxy) is 2. The molecule has 0 aliphatic carbocycles. The number of rotatable bonds is 8. The molecule has 0 bridgehead atoms. The topological polar surface area (TPSA) is 77.0 Å². The molecular weight excluding hydrogens is 472 g/mol. The van der Waals surface area contributed by atoms with Crippen molar-refractivity contribution in [2.75, 3.05) is 6.61 Å². The van der Waals surface area contributed by atoms with Gasteiger partial charge in [0.25, 0.3) is 5.91 Å². The zero-order chi connectivity index (χ0) is 23.9. The lowest BCUT2D eigenvalue weighted by molar-refractivity contribution is 0.0739. The number of thiophene rings is 1. The smallest absolute Gasteiger partial charge is 0.355 e. The molecule has 0 atom stereocenters. The first-order chi connectivity index (χ1) is 16.5. The number of hydrogen-bond donors (Lipinski definition) is 1. The van der Waals surface area contributed by atoms with E-state index in [0.717, 1.165) is 10.1 Å². The summed E-state index contributed by atoms with van der Waals surface area (Å²) < 4.78 is 11.8. The van der Waals surface area contributed by atoms with Gasteiger partial charge in [-0.2, -0.15) is 5.10 Å². The summed E-state index contributed by atoms with van der Waals surface area (Å²) in [5.74, 6) is 0.159. The molecule has 0 aliphatic rings. The number of amides is 1. The number of esters is 1. The summed E-state index contributed by atoms with van der Waals surface area (Å²) >= 11 is 7.64. The number of carbonyl (C=O) groups is 2. The summed E-state index contributed by atoms with van der Waals surface area (Å²) in [5.41, 5.74) is 3.64. The van der Waals surface area contributed by atoms with Crippen LogP contribution >= 0.6 is 22.9 Å². The molecule has 1 N–H and O–H groups in total. The maximum Gasteiger partial charge on any atom is 0.355 e. The van der Waals surface area contributed by atoms with Crippen LogP contribution in [-0.4, -0.2) is 24.7 Å². The standard InChI is InChI=1S/C26H19ClN2O4S/c1-2-15-32-19-13-9-18(10-14-19)25(30)29-28-16-17-7-11-20(12-8-17)33-26(31)24-23(27)21-5-3-4-6-22(21)34-24/h2-14,16H,1,15H2,(H,29,30). The molecule has 1 amide bonds. The van der Waals surface area contributed by atoms with Crippen LogP contribution in [-0.2, 0) is 0 Å². The second-order valence-electron chi connectivity index (χ2n) is 7.02. The number of halogens is 1. The number of carbonyl (C=O) groups excluding carboxylic acids is 2. The number of hydrazone groups is 1. The molecule has 0 aliphatic heterocycles. The average molecular weight is 491 g/mol. The molecule has 0 saturated heterocycles. The zero-order valence-corrected chi connectivity index (χ0v) is 19.4. The molecule has 8 heteroatoms. The Morgan fingerprint density at radius 2 is 1.71 bits per heavy atom. The highest BCUT2D eigenvalue weighted by atomic mass is 35.5. The van der Waals surface area contributed by atoms with Crippen LogP contribution in [0.4, 0.5) is 0 Å². The van der Waals surface area contributed by atoms with Crippen molar-refractivity contribution >= 4 is 51.1 Å². The van der Waals surface area contributed by atoms with Crippen molar-refractivity contribution < 1.29 is 19.1 Å². The number of nitrogens with zero attached hydrogens (tertiary/aromatic N) is 1. The third-order valence-electron chi connectivity index (χ3n) is 4.68. The van der Waals surface area contributed by atoms with Gasteiger partial charge in [-0.1, -0.05) is 42.5 Å². The lowest BCUT2D eigenvalue weighted by Gasteiger charge is -2.04. The Morgan fingerprint density at radius 3 is 2.41 bits per heavy atom. The molecule has 3 aromatic carbocycles. The van der Waals surface area contributed by atoms with Crippen LogP contribution in [0, 0.1) is 0 Å². The Balaban J connectivity index is 1.33. The molecule has 1 heterocycles. The molecule has 6 nitrogen and oxygen atoms in total. The first kappa shape index (κ1) is 23.2. The van der Waals surface area contributed by atoms with E-state index in [4.69, 9.17) is 21.1 Å². The van der Waals surface area contributed by atoms with Crippen molar-refractivity contribution in [1.82, 2.24) is 5.43 Å². The summed E-state index contributed by atoms with van der Waals surface area (Å²) in [7, 11) is 0. The SMILES string of the molecule is C=CCOc1ccc(C(=O)NN=Cc2ccc(OC(=O)c3sc4ccccc4c3Cl)cc2)cc1. The predicted octanol–water partition coefficient (Wildman–Crippen LogP) is 6.10. The summed E-state index contributed by atoms with van der Waals surface area (Å²) in [6, 6.07) is 21.0. The Morgan fingerprint density at radius 1 is 1.00 bits per heavy atom. The van der Waals surface area contributed by atoms with E-state index in [1.54, 1.807) is 54.6 Å². The van der Waals surface area contributed by atoms with Gasteiger partial charge in [0.05, 0.1) is 11.2 Å². The van der Waals surface area contributed by atoms with Crippen LogP contribution in [0.3, 0.4) is 0 Å². The molecule has 1 aromatic heterocycles. The lowest BCUT2D eigenvalue weighted by Crippen LogP contribution is -2.17. The third kappa shape index (κ3) is 5.51. The zero-order valence-electron chi connectivity index (χ0n) is 17.9. The van der Waals surface area contributed by atoms with Crippen LogP contribution < -0.4 is 14.9 Å². The van der Waals surface area contributed by atoms with Crippen molar-refractivity contribution in [2.24, 2.45) is 5.10 Å². The van der Waals surface area contributed by atoms with E-state index in [1.165, 1.54) is 17.6 Å². The fourth-order valence-electron chi connectivity index (χ4n) is 3.01. The summed E-state index contributed by atoms with van der Waals surface area (Å²) in [4.78, 5) is 25.1. The van der Waals surface area contributed by atoms with Gasteiger partial charge in [-0.25, -0.2) is 10.2 Å². The molecule has 4 rings (SSSR count). The van der Waals surface area contributed by atoms with Gasteiger partial charge in [0.15, 0.2) is 0 Å². The van der Waals surface area contributed by atoms with Crippen LogP contribution in [0.5, 0.6) is 11.5 Å². The Kier molecular flexibility index (Phi) is 7.37. The van der Waals surface area contributed by atoms with Gasteiger partial charge in [0.2, 0.25) is 0 Å². The summed E-state index contributed by atoms with van der Waals surface area (Å²) in [6.07, 6.45) is 3.14. The van der Waals surface area contributed by atoms with Gasteiger partial charge in [0, 0.05) is 15.6 Å². The lowest BCUT2D eigenvalue weighted by atomic mass is 10.2. The van der Waals surface area contributed by atoms with Crippen molar-refractivity contribution in [3.63, 3.8) is 0 Å². The van der Waals surface area contributed by atoms with E-state index in [9.17, 15) is 9.59 Å². The van der Waals surface area contributed by atoms with Crippen molar-refractivity contribution in [2.45, 2.75) is 0 Å². The number of benzene rings is 3. The van der Waals surface area contributed by atoms with Crippen LogP contribution in [0.15, 0.2) is 90.6 Å². The first-order valence-electron chi connectivity index (χ1n) is 10.2. The molecule has 34 heavy (non-hydrogen) atoms. The molecule has 0 unspecified atom stereocenters. The third-order valence-corrected chi connectivity index (χ3v) is 6.33. The van der Waals surface area contributed by atoms with Crippen LogP contribution in [0.2, 0.25) is 5.02 Å². The number of hydrogen-bond acceptors (Lipinski definition) is 6. The molecule has 0 radical (unpaired) electrons. The first-order valence-corrected chi connectivity index (χ1v) is 11.4. The van der Waals surface area contributed by atoms with E-state index in [0.29, 0.717) is 39.1 Å². The second kappa shape index (κ2) is 10.8. The maximum atomic E-state index is 12.6. The van der Waals surface area contributed by atoms with Crippen LogP contribution in [0.25, 0.3) is 10.1 Å². The normalized spacial score (nSPS) is 10.9. The monoisotopic (exact) mass is 490 g/mol. The Hall–Kier alpha value is -3.94. The highest BCUT2D eigenvalue weighted by molar-refractivity contribution is 7.21. The summed E-state index contributed by atoms with van der Waals surface area (Å²) in [5, 5.41) is 5.19. The van der Waals surface area contributed by atoms with Crippen molar-refractivity contribution in [1.29, 1.82) is 0 Å². The minimum absolute atomic E-state index is 0.350. The fourth-order valence-corrected chi connectivity index (χ4v) is 4.39. The van der Waals surface area contributed by atoms with E-state index in [-0.39, 0.29) is 5.91 Å². The van der Waals surface area contributed by atoms with Gasteiger partial charge in [0.1, 0.15) is 23.0 Å². The molecule has 0 saturated carbocycles. The van der Waals surface area contributed by atoms with Crippen LogP contribution in [0.1, 0.15) is 25.6 Å². The van der Waals surface area contributed by atoms with E-state index in [2.05, 4.69) is 17.1 Å². The summed E-state index contributed by atoms with van der Waals surface area (Å²) in [6.45, 7) is 3.98. The fraction of sp³-hybridized carbons (Fsp3) is 0.0385. The molecule has 170 valence electrons. The molecule has 0 spiro atoms. The Labute approximate surface area is 205 Å². The van der Waals surface area contributed by atoms with E-state index in [1.807, 2.05) is 24.3 Å². The van der Waals surface area contributed by atoms with Gasteiger partial charge in [-0.3, -0.25) is 4.79 Å². The molecule has 0 fully saturated rings. The van der Waals surface area contributed by atoms with Crippen molar-refractivity contribution in [3.8, 4) is 11.5 Å². The minimum atomic E-state index is -0.513. The molecular formula is C26H19ClN2O4S. The average Bonchev–Trinajstić information content (AvgIpc) is 3.21. The van der Waals surface area contributed by atoms with Gasteiger partial charge in [-0.05, 0) is 60.2 Å². The second-order valence-corrected chi connectivity index (χ2v) is 8.45. The number of nitrogens with one attached hydrogen (secondary N) is 1. The van der Waals surface area contributed by atoms with Gasteiger partial charge < -0.3 is 9.47 Å². The largest absolute Gasteiger partial charge is 0.490 e. The quantitative estimate of drug-likeness (QED) is 0.106. The highest BCUT2D eigenvalue weighted by Gasteiger charge is 2.18.